The number of rotatable bonds is 7. The van der Waals surface area contributed by atoms with Crippen LogP contribution in [0.25, 0.3) is 11.0 Å². The van der Waals surface area contributed by atoms with Crippen molar-refractivity contribution in [2.75, 3.05) is 13.7 Å². The molecule has 0 unspecified atom stereocenters. The smallest absolute Gasteiger partial charge is 0.138 e. The van der Waals surface area contributed by atoms with E-state index in [1.54, 1.807) is 14.0 Å². The first-order valence-corrected chi connectivity index (χ1v) is 8.09. The zero-order chi connectivity index (χ0) is 16.9. The van der Waals surface area contributed by atoms with Crippen molar-refractivity contribution in [3.63, 3.8) is 0 Å². The molecule has 1 aromatic heterocycles. The summed E-state index contributed by atoms with van der Waals surface area (Å²) < 4.78 is 13.0. The lowest BCUT2D eigenvalue weighted by Gasteiger charge is -2.12. The maximum absolute atomic E-state index is 9.96. The number of aliphatic hydroxyl groups excluding tert-OH is 1. The molecule has 3 rings (SSSR count). The third kappa shape index (κ3) is 3.51. The summed E-state index contributed by atoms with van der Waals surface area (Å²) in [7, 11) is 1.64. The van der Waals surface area contributed by atoms with Gasteiger partial charge in [-0.2, -0.15) is 0 Å². The van der Waals surface area contributed by atoms with Gasteiger partial charge in [0.15, 0.2) is 0 Å². The Bertz CT molecular complexity index is 794. The molecular weight excluding hydrogens is 304 g/mol. The van der Waals surface area contributed by atoms with Gasteiger partial charge >= 0.3 is 0 Å². The summed E-state index contributed by atoms with van der Waals surface area (Å²) >= 11 is 0. The first kappa shape index (κ1) is 16.3. The number of aromatic nitrogens is 2. The van der Waals surface area contributed by atoms with Gasteiger partial charge in [-0.05, 0) is 49.7 Å². The molecule has 0 radical (unpaired) electrons. The van der Waals surface area contributed by atoms with Crippen LogP contribution in [-0.4, -0.2) is 28.4 Å². The first-order valence-electron chi connectivity index (χ1n) is 8.09. The number of nitrogens with zero attached hydrogens (tertiary/aromatic N) is 2. The second kappa shape index (κ2) is 7.36. The molecule has 0 fully saturated rings. The molecule has 126 valence electrons. The Labute approximate surface area is 141 Å². The van der Waals surface area contributed by atoms with Gasteiger partial charge in [0.05, 0.1) is 24.8 Å². The highest BCUT2D eigenvalue weighted by atomic mass is 16.5. The van der Waals surface area contributed by atoms with E-state index >= 15 is 0 Å². The number of imidazole rings is 1. The van der Waals surface area contributed by atoms with Crippen LogP contribution in [0, 0.1) is 0 Å². The molecule has 5 heteroatoms. The predicted octanol–water partition coefficient (Wildman–Crippen LogP) is 3.57. The minimum atomic E-state index is -0.597. The van der Waals surface area contributed by atoms with Crippen LogP contribution in [0.4, 0.5) is 0 Å². The molecule has 2 aromatic carbocycles. The van der Waals surface area contributed by atoms with Gasteiger partial charge in [0.1, 0.15) is 23.4 Å². The van der Waals surface area contributed by atoms with E-state index in [2.05, 4.69) is 9.55 Å². The summed E-state index contributed by atoms with van der Waals surface area (Å²) in [6, 6.07) is 15.5. The van der Waals surface area contributed by atoms with E-state index in [9.17, 15) is 5.11 Å². The highest BCUT2D eigenvalue weighted by Crippen LogP contribution is 2.21. The Morgan fingerprint density at radius 1 is 1.08 bits per heavy atom. The van der Waals surface area contributed by atoms with Crippen LogP contribution in [0.3, 0.4) is 0 Å². The summed E-state index contributed by atoms with van der Waals surface area (Å²) in [6.45, 7) is 3.08. The van der Waals surface area contributed by atoms with Crippen LogP contribution in [-0.2, 0) is 6.54 Å². The van der Waals surface area contributed by atoms with E-state index in [4.69, 9.17) is 9.47 Å². The lowest BCUT2D eigenvalue weighted by molar-refractivity contribution is 0.183. The molecular formula is C19H22N2O3. The normalized spacial score (nSPS) is 12.3. The zero-order valence-corrected chi connectivity index (χ0v) is 14.0. The summed E-state index contributed by atoms with van der Waals surface area (Å²) in [4.78, 5) is 4.53. The van der Waals surface area contributed by atoms with Crippen molar-refractivity contribution in [2.45, 2.75) is 26.0 Å². The summed E-state index contributed by atoms with van der Waals surface area (Å²) in [5, 5.41) is 9.96. The van der Waals surface area contributed by atoms with Crippen molar-refractivity contribution in [3.05, 3.63) is 54.4 Å². The highest BCUT2D eigenvalue weighted by Gasteiger charge is 2.14. The fraction of sp³-hybridized carbons (Fsp3) is 0.316. The number of hydrogen-bond acceptors (Lipinski definition) is 4. The second-order valence-corrected chi connectivity index (χ2v) is 5.66. The van der Waals surface area contributed by atoms with Crippen molar-refractivity contribution in [2.24, 2.45) is 0 Å². The molecule has 0 saturated heterocycles. The number of benzene rings is 2. The molecule has 5 nitrogen and oxygen atoms in total. The maximum Gasteiger partial charge on any atom is 0.138 e. The van der Waals surface area contributed by atoms with Gasteiger partial charge in [-0.15, -0.1) is 0 Å². The number of hydrogen-bond donors (Lipinski definition) is 1. The number of aryl methyl sites for hydroxylation is 1. The van der Waals surface area contributed by atoms with Crippen LogP contribution in [0.5, 0.6) is 11.5 Å². The van der Waals surface area contributed by atoms with Gasteiger partial charge in [-0.25, -0.2) is 4.98 Å². The Kier molecular flexibility index (Phi) is 5.01. The van der Waals surface area contributed by atoms with E-state index in [0.717, 1.165) is 35.5 Å². The summed E-state index contributed by atoms with van der Waals surface area (Å²) in [5.74, 6) is 2.33. The van der Waals surface area contributed by atoms with Gasteiger partial charge in [0.2, 0.25) is 0 Å². The number of methoxy groups -OCH3 is 1. The number of fused-ring (bicyclic) bond motifs is 1. The molecule has 0 aliphatic carbocycles. The molecule has 0 amide bonds. The average Bonchev–Trinajstić information content (AvgIpc) is 2.98. The first-order chi connectivity index (χ1) is 11.7. The molecule has 0 bridgehead atoms. The van der Waals surface area contributed by atoms with Crippen LogP contribution in [0.1, 0.15) is 25.3 Å². The van der Waals surface area contributed by atoms with Gasteiger partial charge in [0.25, 0.3) is 0 Å². The molecule has 1 heterocycles. The highest BCUT2D eigenvalue weighted by molar-refractivity contribution is 5.75. The Balaban J connectivity index is 1.63. The Morgan fingerprint density at radius 2 is 1.79 bits per heavy atom. The maximum atomic E-state index is 9.96. The molecule has 3 aromatic rings. The van der Waals surface area contributed by atoms with Gasteiger partial charge < -0.3 is 19.1 Å². The van der Waals surface area contributed by atoms with E-state index in [-0.39, 0.29) is 0 Å². The number of ether oxygens (including phenoxy) is 2. The minimum Gasteiger partial charge on any atom is -0.497 e. The fourth-order valence-corrected chi connectivity index (χ4v) is 2.73. The average molecular weight is 326 g/mol. The van der Waals surface area contributed by atoms with Crippen LogP contribution in [0.15, 0.2) is 48.5 Å². The van der Waals surface area contributed by atoms with E-state index in [0.29, 0.717) is 12.4 Å². The van der Waals surface area contributed by atoms with Crippen LogP contribution in [0.2, 0.25) is 0 Å². The third-order valence-electron chi connectivity index (χ3n) is 3.91. The topological polar surface area (TPSA) is 56.5 Å². The van der Waals surface area contributed by atoms with Gasteiger partial charge in [0, 0.05) is 6.54 Å². The molecule has 0 aliphatic rings. The standard InChI is InChI=1S/C19H22N2O3/c1-14(22)19-20-17-6-3-4-7-18(17)21(19)12-5-13-24-16-10-8-15(23-2)9-11-16/h3-4,6-11,14,22H,5,12-13H2,1-2H3/t14-/m1/s1. The lowest BCUT2D eigenvalue weighted by atomic mass is 10.3. The quantitative estimate of drug-likeness (QED) is 0.674. The number of aliphatic hydroxyl groups is 1. The molecule has 0 aliphatic heterocycles. The SMILES string of the molecule is COc1ccc(OCCCn2c([C@@H](C)O)nc3ccccc32)cc1. The van der Waals surface area contributed by atoms with Crippen LogP contribution < -0.4 is 9.47 Å². The van der Waals surface area contributed by atoms with Crippen LogP contribution >= 0.6 is 0 Å². The Morgan fingerprint density at radius 3 is 2.50 bits per heavy atom. The van der Waals surface area contributed by atoms with E-state index in [1.165, 1.54) is 0 Å². The summed E-state index contributed by atoms with van der Waals surface area (Å²) in [6.07, 6.45) is 0.228. The van der Waals surface area contributed by atoms with Crippen molar-refractivity contribution in [1.82, 2.24) is 9.55 Å². The van der Waals surface area contributed by atoms with E-state index in [1.807, 2.05) is 48.5 Å². The monoisotopic (exact) mass is 326 g/mol. The molecule has 24 heavy (non-hydrogen) atoms. The minimum absolute atomic E-state index is 0.595. The van der Waals surface area contributed by atoms with Crippen molar-refractivity contribution in [3.8, 4) is 11.5 Å². The largest absolute Gasteiger partial charge is 0.497 e. The van der Waals surface area contributed by atoms with Gasteiger partial charge in [-0.1, -0.05) is 12.1 Å². The van der Waals surface area contributed by atoms with Gasteiger partial charge in [-0.3, -0.25) is 0 Å². The number of para-hydroxylation sites is 2. The van der Waals surface area contributed by atoms with E-state index < -0.39 is 6.10 Å². The molecule has 1 atom stereocenters. The van der Waals surface area contributed by atoms with Crippen molar-refractivity contribution < 1.29 is 14.6 Å². The third-order valence-corrected chi connectivity index (χ3v) is 3.91. The zero-order valence-electron chi connectivity index (χ0n) is 14.0. The van der Waals surface area contributed by atoms with Crippen molar-refractivity contribution >= 4 is 11.0 Å². The predicted molar refractivity (Wildman–Crippen MR) is 93.5 cm³/mol. The molecule has 1 N–H and O–H groups in total. The molecule has 0 spiro atoms. The fourth-order valence-electron chi connectivity index (χ4n) is 2.73. The second-order valence-electron chi connectivity index (χ2n) is 5.66. The lowest BCUT2D eigenvalue weighted by Crippen LogP contribution is -2.09. The molecule has 0 saturated carbocycles. The van der Waals surface area contributed by atoms with Crippen molar-refractivity contribution in [1.29, 1.82) is 0 Å². The Hall–Kier alpha value is -2.53. The summed E-state index contributed by atoms with van der Waals surface area (Å²) in [5.41, 5.74) is 1.95.